The van der Waals surface area contributed by atoms with Gasteiger partial charge in [0, 0.05) is 0 Å². The maximum absolute atomic E-state index is 12.1. The van der Waals surface area contributed by atoms with Gasteiger partial charge in [-0.3, -0.25) is 4.79 Å². The minimum absolute atomic E-state index is 0.0699. The summed E-state index contributed by atoms with van der Waals surface area (Å²) in [4.78, 5) is 12.1. The molecule has 23 heavy (non-hydrogen) atoms. The lowest BCUT2D eigenvalue weighted by molar-refractivity contribution is -0.116. The van der Waals surface area contributed by atoms with Gasteiger partial charge in [-0.1, -0.05) is 60.3 Å². The van der Waals surface area contributed by atoms with Crippen molar-refractivity contribution in [3.8, 4) is 5.69 Å². The molecule has 0 spiro atoms. The zero-order valence-corrected chi connectivity index (χ0v) is 13.7. The van der Waals surface area contributed by atoms with Gasteiger partial charge in [0.1, 0.15) is 5.78 Å². The number of para-hydroxylation sites is 1. The Balaban J connectivity index is 1.96. The van der Waals surface area contributed by atoms with Gasteiger partial charge in [-0.05, 0) is 41.5 Å². The van der Waals surface area contributed by atoms with Crippen molar-refractivity contribution in [2.75, 3.05) is 0 Å². The fourth-order valence-corrected chi connectivity index (χ4v) is 3.31. The number of aryl methyl sites for hydroxylation is 1. The van der Waals surface area contributed by atoms with Crippen molar-refractivity contribution in [3.05, 3.63) is 65.7 Å². The number of tetrazole rings is 1. The van der Waals surface area contributed by atoms with Crippen molar-refractivity contribution in [1.29, 1.82) is 0 Å². The summed E-state index contributed by atoms with van der Waals surface area (Å²) in [6.45, 7) is 3.59. The van der Waals surface area contributed by atoms with E-state index in [-0.39, 0.29) is 11.0 Å². The Hall–Kier alpha value is -2.47. The summed E-state index contributed by atoms with van der Waals surface area (Å²) in [5.41, 5.74) is 2.93. The number of carbonyl (C=O) groups is 1. The Morgan fingerprint density at radius 2 is 1.78 bits per heavy atom. The maximum Gasteiger partial charge on any atom is 0.215 e. The molecule has 0 aliphatic carbocycles. The van der Waals surface area contributed by atoms with Crippen LogP contribution in [0.4, 0.5) is 0 Å². The lowest BCUT2D eigenvalue weighted by atomic mass is 10.1. The number of rotatable bonds is 5. The Labute approximate surface area is 138 Å². The third-order valence-corrected chi connectivity index (χ3v) is 4.78. The molecular weight excluding hydrogens is 308 g/mol. The van der Waals surface area contributed by atoms with Gasteiger partial charge >= 0.3 is 0 Å². The fourth-order valence-electron chi connectivity index (χ4n) is 2.32. The lowest BCUT2D eigenvalue weighted by Crippen LogP contribution is -2.08. The van der Waals surface area contributed by atoms with Crippen LogP contribution < -0.4 is 0 Å². The van der Waals surface area contributed by atoms with E-state index in [1.807, 2.05) is 61.5 Å². The summed E-state index contributed by atoms with van der Waals surface area (Å²) in [6.07, 6.45) is 0. The molecule has 6 heteroatoms. The summed E-state index contributed by atoms with van der Waals surface area (Å²) >= 11 is 1.36. The first-order valence-corrected chi connectivity index (χ1v) is 8.11. The molecule has 0 saturated carbocycles. The molecule has 3 aromatic rings. The van der Waals surface area contributed by atoms with E-state index in [0.29, 0.717) is 5.16 Å². The van der Waals surface area contributed by atoms with E-state index in [0.717, 1.165) is 16.8 Å². The van der Waals surface area contributed by atoms with Crippen molar-refractivity contribution in [2.45, 2.75) is 24.3 Å². The van der Waals surface area contributed by atoms with Gasteiger partial charge in [-0.15, -0.1) is 5.10 Å². The monoisotopic (exact) mass is 324 g/mol. The van der Waals surface area contributed by atoms with Crippen LogP contribution in [0.2, 0.25) is 0 Å². The second-order valence-corrected chi connectivity index (χ2v) is 6.25. The highest BCUT2D eigenvalue weighted by Crippen LogP contribution is 2.35. The minimum atomic E-state index is -0.329. The van der Waals surface area contributed by atoms with E-state index in [2.05, 4.69) is 15.5 Å². The van der Waals surface area contributed by atoms with Gasteiger partial charge < -0.3 is 0 Å². The van der Waals surface area contributed by atoms with Gasteiger partial charge in [0.2, 0.25) is 5.16 Å². The number of Topliss-reactive ketones (excluding diaryl/α,β-unsaturated/α-hetero) is 1. The predicted molar refractivity (Wildman–Crippen MR) is 89.6 cm³/mol. The molecule has 0 bridgehead atoms. The summed E-state index contributed by atoms with van der Waals surface area (Å²) in [7, 11) is 0. The third-order valence-electron chi connectivity index (χ3n) is 3.48. The van der Waals surface area contributed by atoms with Gasteiger partial charge in [0.15, 0.2) is 0 Å². The molecular formula is C17H16N4OS. The van der Waals surface area contributed by atoms with Crippen LogP contribution in [0.5, 0.6) is 0 Å². The Kier molecular flexibility index (Phi) is 4.52. The van der Waals surface area contributed by atoms with Crippen molar-refractivity contribution in [1.82, 2.24) is 20.2 Å². The molecule has 1 aromatic heterocycles. The largest absolute Gasteiger partial charge is 0.298 e. The van der Waals surface area contributed by atoms with Gasteiger partial charge in [0.25, 0.3) is 0 Å². The maximum atomic E-state index is 12.1. The molecule has 0 N–H and O–H groups in total. The van der Waals surface area contributed by atoms with E-state index in [9.17, 15) is 4.79 Å². The average molecular weight is 324 g/mol. The number of thioether (sulfide) groups is 1. The van der Waals surface area contributed by atoms with E-state index in [1.54, 1.807) is 11.6 Å². The Bertz CT molecular complexity index is 816. The number of ketones is 1. The van der Waals surface area contributed by atoms with Crippen molar-refractivity contribution in [3.63, 3.8) is 0 Å². The molecule has 0 aliphatic heterocycles. The van der Waals surface area contributed by atoms with E-state index in [4.69, 9.17) is 0 Å². The quantitative estimate of drug-likeness (QED) is 0.673. The van der Waals surface area contributed by atoms with Crippen LogP contribution in [0.3, 0.4) is 0 Å². The predicted octanol–water partition coefficient (Wildman–Crippen LogP) is 3.39. The zero-order chi connectivity index (χ0) is 16.2. The lowest BCUT2D eigenvalue weighted by Gasteiger charge is -2.14. The van der Waals surface area contributed by atoms with Gasteiger partial charge in [-0.25, -0.2) is 0 Å². The van der Waals surface area contributed by atoms with Crippen LogP contribution in [0.15, 0.2) is 59.8 Å². The van der Waals surface area contributed by atoms with Crippen LogP contribution >= 0.6 is 11.8 Å². The van der Waals surface area contributed by atoms with Crippen LogP contribution in [-0.4, -0.2) is 26.0 Å². The molecule has 116 valence electrons. The van der Waals surface area contributed by atoms with Crippen LogP contribution in [0.25, 0.3) is 5.69 Å². The van der Waals surface area contributed by atoms with Crippen LogP contribution in [-0.2, 0) is 4.79 Å². The summed E-state index contributed by atoms with van der Waals surface area (Å²) in [6, 6.07) is 17.6. The molecule has 1 unspecified atom stereocenters. The second-order valence-electron chi connectivity index (χ2n) is 5.18. The third kappa shape index (κ3) is 3.32. The number of nitrogens with zero attached hydrogens (tertiary/aromatic N) is 4. The number of carbonyl (C=O) groups excluding carboxylic acids is 1. The van der Waals surface area contributed by atoms with Crippen molar-refractivity contribution >= 4 is 17.5 Å². The summed E-state index contributed by atoms with van der Waals surface area (Å²) in [5.74, 6) is 0.0699. The van der Waals surface area contributed by atoms with Crippen LogP contribution in [0.1, 0.15) is 23.3 Å². The molecule has 3 rings (SSSR count). The summed E-state index contributed by atoms with van der Waals surface area (Å²) < 4.78 is 1.68. The number of aromatic nitrogens is 4. The molecule has 0 fully saturated rings. The fraction of sp³-hybridized carbons (Fsp3) is 0.176. The highest BCUT2D eigenvalue weighted by molar-refractivity contribution is 8.00. The van der Waals surface area contributed by atoms with E-state index < -0.39 is 0 Å². The van der Waals surface area contributed by atoms with Crippen LogP contribution in [0, 0.1) is 6.92 Å². The number of hydrogen-bond donors (Lipinski definition) is 0. The van der Waals surface area contributed by atoms with Gasteiger partial charge in [0.05, 0.1) is 10.9 Å². The highest BCUT2D eigenvalue weighted by Gasteiger charge is 2.22. The first-order valence-electron chi connectivity index (χ1n) is 7.23. The molecule has 0 aliphatic rings. The molecule has 0 saturated heterocycles. The smallest absolute Gasteiger partial charge is 0.215 e. The molecule has 0 amide bonds. The first-order chi connectivity index (χ1) is 11.2. The Morgan fingerprint density at radius 1 is 1.09 bits per heavy atom. The number of hydrogen-bond acceptors (Lipinski definition) is 5. The molecule has 1 heterocycles. The summed E-state index contributed by atoms with van der Waals surface area (Å²) in [5, 5.41) is 12.2. The average Bonchev–Trinajstić information content (AvgIpc) is 3.01. The van der Waals surface area contributed by atoms with E-state index >= 15 is 0 Å². The van der Waals surface area contributed by atoms with Crippen molar-refractivity contribution < 1.29 is 4.79 Å². The molecule has 1 atom stereocenters. The topological polar surface area (TPSA) is 60.7 Å². The zero-order valence-electron chi connectivity index (χ0n) is 12.9. The highest BCUT2D eigenvalue weighted by atomic mass is 32.2. The Morgan fingerprint density at radius 3 is 2.48 bits per heavy atom. The standard InChI is InChI=1S/C17H16N4OS/c1-12-8-6-7-11-15(12)21-17(18-19-20-21)23-16(13(2)22)14-9-4-3-5-10-14/h3-11,16H,1-2H3. The molecule has 2 aromatic carbocycles. The van der Waals surface area contributed by atoms with E-state index in [1.165, 1.54) is 11.8 Å². The number of benzene rings is 2. The SMILES string of the molecule is CC(=O)C(Sc1nnnn1-c1ccccc1C)c1ccccc1. The molecule has 0 radical (unpaired) electrons. The van der Waals surface area contributed by atoms with Crippen molar-refractivity contribution in [2.24, 2.45) is 0 Å². The van der Waals surface area contributed by atoms with Gasteiger partial charge in [-0.2, -0.15) is 4.68 Å². The minimum Gasteiger partial charge on any atom is -0.298 e. The normalized spacial score (nSPS) is 12.1. The molecule has 5 nitrogen and oxygen atoms in total. The first kappa shape index (κ1) is 15.4. The second kappa shape index (κ2) is 6.75.